The van der Waals surface area contributed by atoms with E-state index in [0.29, 0.717) is 22.0 Å². The van der Waals surface area contributed by atoms with Crippen LogP contribution in [-0.2, 0) is 4.79 Å². The summed E-state index contributed by atoms with van der Waals surface area (Å²) >= 11 is 0. The quantitative estimate of drug-likeness (QED) is 0.525. The molecule has 1 heterocycles. The van der Waals surface area contributed by atoms with Gasteiger partial charge in [0.05, 0.1) is 10.9 Å². The lowest BCUT2D eigenvalue weighted by atomic mass is 10.1. The number of rotatable bonds is 4. The van der Waals surface area contributed by atoms with Crippen molar-refractivity contribution in [3.05, 3.63) is 101 Å². The van der Waals surface area contributed by atoms with Crippen molar-refractivity contribution >= 4 is 22.7 Å². The summed E-state index contributed by atoms with van der Waals surface area (Å²) < 4.78 is 1.10. The van der Waals surface area contributed by atoms with Gasteiger partial charge in [-0.1, -0.05) is 67.6 Å². The Morgan fingerprint density at radius 2 is 1.47 bits per heavy atom. The first-order valence-corrected chi connectivity index (χ1v) is 9.61. The van der Waals surface area contributed by atoms with Gasteiger partial charge >= 0.3 is 0 Å². The number of hydrogen-bond acceptors (Lipinski definition) is 4. The average molecular weight is 397 g/mol. The lowest BCUT2D eigenvalue weighted by Gasteiger charge is -2.25. The van der Waals surface area contributed by atoms with Crippen LogP contribution in [0.5, 0.6) is 0 Å². The fourth-order valence-electron chi connectivity index (χ4n) is 3.25. The highest BCUT2D eigenvalue weighted by Gasteiger charge is 2.28. The van der Waals surface area contributed by atoms with Crippen molar-refractivity contribution in [2.24, 2.45) is 0 Å². The Balaban J connectivity index is 2.05. The number of imide groups is 1. The van der Waals surface area contributed by atoms with Gasteiger partial charge in [-0.25, -0.2) is 4.98 Å². The zero-order valence-electron chi connectivity index (χ0n) is 16.4. The van der Waals surface area contributed by atoms with E-state index in [-0.39, 0.29) is 12.2 Å². The largest absolute Gasteiger partial charge is 0.281 e. The van der Waals surface area contributed by atoms with Crippen LogP contribution >= 0.6 is 0 Å². The Bertz CT molecular complexity index is 1280. The second kappa shape index (κ2) is 8.13. The molecule has 1 aromatic heterocycles. The number of carbonyl (C=O) groups excluding carboxylic acids is 2. The molecule has 0 aliphatic rings. The van der Waals surface area contributed by atoms with Gasteiger partial charge in [-0.2, -0.15) is 9.69 Å². The van der Waals surface area contributed by atoms with Crippen LogP contribution < -0.4 is 10.6 Å². The first kappa shape index (κ1) is 19.3. The number of amides is 2. The molecule has 148 valence electrons. The predicted molar refractivity (Wildman–Crippen MR) is 116 cm³/mol. The lowest BCUT2D eigenvalue weighted by molar-refractivity contribution is -0.119. The molecule has 0 bridgehead atoms. The Labute approximate surface area is 173 Å². The molecule has 6 heteroatoms. The maximum atomic E-state index is 13.5. The molecule has 0 atom stereocenters. The van der Waals surface area contributed by atoms with Crippen molar-refractivity contribution in [1.82, 2.24) is 9.66 Å². The zero-order chi connectivity index (χ0) is 21.1. The first-order valence-electron chi connectivity index (χ1n) is 9.61. The molecule has 30 heavy (non-hydrogen) atoms. The van der Waals surface area contributed by atoms with Crippen LogP contribution in [0.3, 0.4) is 0 Å². The SMILES string of the molecule is CCC(=O)N(C(=O)c1ccccc1)n1c(-c2ccccc2)nc2ccccc2c1=O. The number of nitrogens with zero attached hydrogens (tertiary/aromatic N) is 3. The standard InChI is InChI=1S/C24H19N3O3/c1-2-21(28)26(23(29)18-13-7-4-8-14-18)27-22(17-11-5-3-6-12-17)25-20-16-10-9-15-19(20)24(27)30/h3-16H,2H2,1H3. The molecule has 0 N–H and O–H groups in total. The Morgan fingerprint density at radius 3 is 2.13 bits per heavy atom. The number of benzene rings is 3. The number of fused-ring (bicyclic) bond motifs is 1. The molecule has 0 aliphatic heterocycles. The molecule has 2 amide bonds. The van der Waals surface area contributed by atoms with Gasteiger partial charge in [0.2, 0.25) is 5.91 Å². The molecular formula is C24H19N3O3. The van der Waals surface area contributed by atoms with Crippen LogP contribution in [0.2, 0.25) is 0 Å². The van der Waals surface area contributed by atoms with E-state index in [4.69, 9.17) is 0 Å². The Hall–Kier alpha value is -4.06. The molecule has 0 aliphatic carbocycles. The van der Waals surface area contributed by atoms with E-state index in [1.165, 1.54) is 0 Å². The van der Waals surface area contributed by atoms with Gasteiger partial charge in [0.15, 0.2) is 5.82 Å². The molecule has 0 radical (unpaired) electrons. The molecule has 6 nitrogen and oxygen atoms in total. The summed E-state index contributed by atoms with van der Waals surface area (Å²) in [5.74, 6) is -0.857. The minimum absolute atomic E-state index is 0.0477. The maximum Gasteiger partial charge on any atom is 0.281 e. The van der Waals surface area contributed by atoms with E-state index in [0.717, 1.165) is 9.69 Å². The van der Waals surface area contributed by atoms with E-state index in [1.807, 2.05) is 18.2 Å². The average Bonchev–Trinajstić information content (AvgIpc) is 2.81. The number of carbonyl (C=O) groups is 2. The predicted octanol–water partition coefficient (Wildman–Crippen LogP) is 3.78. The van der Waals surface area contributed by atoms with Gasteiger partial charge in [-0.3, -0.25) is 14.4 Å². The second-order valence-electron chi connectivity index (χ2n) is 6.67. The fourth-order valence-corrected chi connectivity index (χ4v) is 3.25. The number of hydrogen-bond donors (Lipinski definition) is 0. The van der Waals surface area contributed by atoms with E-state index in [9.17, 15) is 14.4 Å². The molecule has 0 saturated carbocycles. The highest BCUT2D eigenvalue weighted by atomic mass is 16.2. The highest BCUT2D eigenvalue weighted by molar-refractivity contribution is 6.16. The van der Waals surface area contributed by atoms with Crippen molar-refractivity contribution < 1.29 is 9.59 Å². The van der Waals surface area contributed by atoms with Crippen molar-refractivity contribution in [2.75, 3.05) is 5.01 Å². The Morgan fingerprint density at radius 1 is 0.867 bits per heavy atom. The third-order valence-electron chi connectivity index (χ3n) is 4.74. The van der Waals surface area contributed by atoms with Gasteiger partial charge in [0, 0.05) is 17.5 Å². The first-order chi connectivity index (χ1) is 14.6. The third-order valence-corrected chi connectivity index (χ3v) is 4.74. The summed E-state index contributed by atoms with van der Waals surface area (Å²) in [6, 6.07) is 24.3. The van der Waals surface area contributed by atoms with E-state index < -0.39 is 17.4 Å². The van der Waals surface area contributed by atoms with Gasteiger partial charge in [-0.05, 0) is 24.3 Å². The van der Waals surface area contributed by atoms with Crippen molar-refractivity contribution in [3.63, 3.8) is 0 Å². The monoisotopic (exact) mass is 397 g/mol. The van der Waals surface area contributed by atoms with Crippen molar-refractivity contribution in [3.8, 4) is 11.4 Å². The molecule has 0 fully saturated rings. The molecular weight excluding hydrogens is 378 g/mol. The van der Waals surface area contributed by atoms with Gasteiger partial charge < -0.3 is 0 Å². The van der Waals surface area contributed by atoms with Gasteiger partial charge in [-0.15, -0.1) is 0 Å². The maximum absolute atomic E-state index is 13.5. The van der Waals surface area contributed by atoms with Crippen LogP contribution in [0.25, 0.3) is 22.3 Å². The van der Waals surface area contributed by atoms with Crippen LogP contribution in [0, 0.1) is 0 Å². The fraction of sp³-hybridized carbons (Fsp3) is 0.0833. The third kappa shape index (κ3) is 3.39. The Kier molecular flexibility index (Phi) is 5.22. The van der Waals surface area contributed by atoms with Crippen LogP contribution in [0.15, 0.2) is 89.7 Å². The molecule has 4 rings (SSSR count). The van der Waals surface area contributed by atoms with Crippen molar-refractivity contribution in [1.29, 1.82) is 0 Å². The van der Waals surface area contributed by atoms with Crippen LogP contribution in [-0.4, -0.2) is 21.5 Å². The van der Waals surface area contributed by atoms with Crippen LogP contribution in [0.1, 0.15) is 23.7 Å². The van der Waals surface area contributed by atoms with E-state index in [2.05, 4.69) is 4.98 Å². The minimum atomic E-state index is -0.584. The zero-order valence-corrected chi connectivity index (χ0v) is 16.4. The smallest absolute Gasteiger partial charge is 0.273 e. The summed E-state index contributed by atoms with van der Waals surface area (Å²) in [5.41, 5.74) is 0.938. The molecule has 4 aromatic rings. The summed E-state index contributed by atoms with van der Waals surface area (Å²) in [7, 11) is 0. The van der Waals surface area contributed by atoms with Crippen LogP contribution in [0.4, 0.5) is 0 Å². The van der Waals surface area contributed by atoms with Gasteiger partial charge in [0.1, 0.15) is 0 Å². The van der Waals surface area contributed by atoms with Gasteiger partial charge in [0.25, 0.3) is 11.5 Å². The normalized spacial score (nSPS) is 10.7. The summed E-state index contributed by atoms with van der Waals surface area (Å²) in [6.07, 6.45) is 0.0477. The molecule has 3 aromatic carbocycles. The molecule has 0 saturated heterocycles. The topological polar surface area (TPSA) is 72.3 Å². The lowest BCUT2D eigenvalue weighted by Crippen LogP contribution is -2.51. The summed E-state index contributed by atoms with van der Waals surface area (Å²) in [6.45, 7) is 1.65. The number of aromatic nitrogens is 2. The van der Waals surface area contributed by atoms with E-state index >= 15 is 0 Å². The van der Waals surface area contributed by atoms with Crippen molar-refractivity contribution in [2.45, 2.75) is 13.3 Å². The molecule has 0 unspecified atom stereocenters. The second-order valence-corrected chi connectivity index (χ2v) is 6.67. The highest BCUT2D eigenvalue weighted by Crippen LogP contribution is 2.20. The summed E-state index contributed by atoms with van der Waals surface area (Å²) in [5, 5.41) is 1.23. The minimum Gasteiger partial charge on any atom is -0.273 e. The van der Waals surface area contributed by atoms with E-state index in [1.54, 1.807) is 73.7 Å². The molecule has 0 spiro atoms. The number of para-hydroxylation sites is 1. The summed E-state index contributed by atoms with van der Waals surface area (Å²) in [4.78, 5) is 44.4.